The van der Waals surface area contributed by atoms with Gasteiger partial charge in [-0.1, -0.05) is 38.0 Å². The van der Waals surface area contributed by atoms with Gasteiger partial charge in [0, 0.05) is 9.52 Å². The fourth-order valence-electron chi connectivity index (χ4n) is 1.51. The van der Waals surface area contributed by atoms with Crippen LogP contribution in [0.2, 0.25) is 17.3 Å². The molecule has 0 spiro atoms. The Bertz CT molecular complexity index is 104. The van der Waals surface area contributed by atoms with E-state index < -0.39 is 8.80 Å². The highest BCUT2D eigenvalue weighted by Gasteiger charge is 2.26. The maximum Gasteiger partial charge on any atom is 0.0549 e. The van der Waals surface area contributed by atoms with Crippen LogP contribution in [0, 0.1) is 0 Å². The molecule has 0 rings (SSSR count). The van der Waals surface area contributed by atoms with E-state index in [1.54, 1.807) is 0 Å². The summed E-state index contributed by atoms with van der Waals surface area (Å²) >= 11 is 0. The highest BCUT2D eigenvalue weighted by Crippen LogP contribution is 2.27. The van der Waals surface area contributed by atoms with Gasteiger partial charge < -0.3 is 5.32 Å². The lowest BCUT2D eigenvalue weighted by molar-refractivity contribution is 0.855. The summed E-state index contributed by atoms with van der Waals surface area (Å²) in [5, 5.41) is 3.34. The zero-order chi connectivity index (χ0) is 8.91. The molecule has 0 amide bonds. The molecular formula is C8H23NSi2. The van der Waals surface area contributed by atoms with E-state index in [0.29, 0.717) is 0 Å². The molecule has 0 saturated carbocycles. The number of rotatable bonds is 5. The van der Waals surface area contributed by atoms with Crippen LogP contribution < -0.4 is 5.32 Å². The molecule has 1 unspecified atom stereocenters. The third-order valence-electron chi connectivity index (χ3n) is 2.96. The minimum atomic E-state index is -0.471. The Labute approximate surface area is 75.4 Å². The van der Waals surface area contributed by atoms with E-state index in [0.717, 1.165) is 4.66 Å². The van der Waals surface area contributed by atoms with Gasteiger partial charge in [0.05, 0.1) is 8.80 Å². The fourth-order valence-corrected chi connectivity index (χ4v) is 7.56. The van der Waals surface area contributed by atoms with Crippen molar-refractivity contribution in [2.75, 3.05) is 13.2 Å². The molecule has 3 heteroatoms. The van der Waals surface area contributed by atoms with E-state index in [4.69, 9.17) is 0 Å². The summed E-state index contributed by atoms with van der Waals surface area (Å²) in [7, 11) is 1.80. The Morgan fingerprint density at radius 1 is 1.45 bits per heavy atom. The lowest BCUT2D eigenvalue weighted by Gasteiger charge is -2.31. The summed E-state index contributed by atoms with van der Waals surface area (Å²) in [6, 6.07) is 1.45. The molecule has 0 aliphatic carbocycles. The molecule has 0 radical (unpaired) electrons. The number of hydrogen-bond acceptors (Lipinski definition) is 1. The smallest absolute Gasteiger partial charge is 0.0549 e. The predicted octanol–water partition coefficient (Wildman–Crippen LogP) is 0.947. The van der Waals surface area contributed by atoms with Crippen LogP contribution in [0.1, 0.15) is 20.8 Å². The van der Waals surface area contributed by atoms with Gasteiger partial charge in [-0.15, -0.1) is 0 Å². The summed E-state index contributed by atoms with van der Waals surface area (Å²) in [5.74, 6) is 0. The number of nitrogens with one attached hydrogen (secondary N) is 1. The van der Waals surface area contributed by atoms with Crippen molar-refractivity contribution < 1.29 is 0 Å². The first-order valence-electron chi connectivity index (χ1n) is 4.73. The monoisotopic (exact) mass is 189 g/mol. The van der Waals surface area contributed by atoms with Gasteiger partial charge in [-0.3, -0.25) is 0 Å². The molecule has 0 fully saturated rings. The summed E-state index contributed by atoms with van der Waals surface area (Å²) in [6.45, 7) is 9.78. The van der Waals surface area contributed by atoms with Crippen LogP contribution in [-0.2, 0) is 0 Å². The van der Waals surface area contributed by atoms with E-state index in [9.17, 15) is 0 Å². The second-order valence-electron chi connectivity index (χ2n) is 4.00. The van der Waals surface area contributed by atoms with Crippen LogP contribution in [0.25, 0.3) is 0 Å². The highest BCUT2D eigenvalue weighted by atomic mass is 28.3. The highest BCUT2D eigenvalue weighted by molar-refractivity contribution is 6.74. The Morgan fingerprint density at radius 2 is 2.00 bits per heavy atom. The molecule has 0 aromatic rings. The molecule has 0 aliphatic rings. The molecule has 0 aromatic heterocycles. The van der Waals surface area contributed by atoms with Gasteiger partial charge in [0.2, 0.25) is 0 Å². The largest absolute Gasteiger partial charge is 0.323 e. The molecular weight excluding hydrogens is 166 g/mol. The SMILES string of the molecule is CC[SiH](CNC)C(C)(C)[SiH2]C. The average Bonchev–Trinajstić information content (AvgIpc) is 2.00. The van der Waals surface area contributed by atoms with Crippen molar-refractivity contribution in [3.05, 3.63) is 0 Å². The van der Waals surface area contributed by atoms with Crippen molar-refractivity contribution in [1.29, 1.82) is 0 Å². The maximum absolute atomic E-state index is 3.34. The standard InChI is InChI=1S/C8H23NSi2/c1-6-11(7-9-4)8(2,3)10-5/h9,11H,6-7,10H2,1-5H3. The summed E-state index contributed by atoms with van der Waals surface area (Å²) in [6.07, 6.45) is 1.32. The molecule has 0 aromatic carbocycles. The molecule has 0 saturated heterocycles. The van der Waals surface area contributed by atoms with Crippen LogP contribution in [0.4, 0.5) is 0 Å². The van der Waals surface area contributed by atoms with Crippen LogP contribution in [-0.4, -0.2) is 31.5 Å². The van der Waals surface area contributed by atoms with Crippen LogP contribution in [0.15, 0.2) is 0 Å². The van der Waals surface area contributed by atoms with E-state index in [1.165, 1.54) is 12.2 Å². The molecule has 1 N–H and O–H groups in total. The molecule has 0 aliphatic heterocycles. The summed E-state index contributed by atoms with van der Waals surface area (Å²) < 4.78 is 0.776. The zero-order valence-corrected chi connectivity index (χ0v) is 11.3. The average molecular weight is 189 g/mol. The van der Waals surface area contributed by atoms with E-state index in [-0.39, 0.29) is 9.52 Å². The van der Waals surface area contributed by atoms with Gasteiger partial charge in [0.15, 0.2) is 0 Å². The minimum Gasteiger partial charge on any atom is -0.323 e. The normalized spacial score (nSPS) is 16.1. The first kappa shape index (κ1) is 11.4. The van der Waals surface area contributed by atoms with Gasteiger partial charge >= 0.3 is 0 Å². The van der Waals surface area contributed by atoms with Gasteiger partial charge in [0.25, 0.3) is 0 Å². The van der Waals surface area contributed by atoms with E-state index in [1.807, 2.05) is 0 Å². The van der Waals surface area contributed by atoms with Crippen LogP contribution >= 0.6 is 0 Å². The third-order valence-corrected chi connectivity index (χ3v) is 11.8. The first-order chi connectivity index (χ1) is 5.08. The van der Waals surface area contributed by atoms with Gasteiger partial charge in [-0.2, -0.15) is 0 Å². The zero-order valence-electron chi connectivity index (χ0n) is 8.70. The Morgan fingerprint density at radius 3 is 2.27 bits per heavy atom. The Balaban J connectivity index is 3.99. The van der Waals surface area contributed by atoms with Gasteiger partial charge in [-0.05, 0) is 13.2 Å². The van der Waals surface area contributed by atoms with Crippen molar-refractivity contribution in [1.82, 2.24) is 5.32 Å². The minimum absolute atomic E-state index is 0.185. The van der Waals surface area contributed by atoms with Crippen molar-refractivity contribution in [2.45, 2.75) is 38.0 Å². The summed E-state index contributed by atoms with van der Waals surface area (Å²) in [5.41, 5.74) is 0. The topological polar surface area (TPSA) is 12.0 Å². The second kappa shape index (κ2) is 5.11. The molecule has 0 heterocycles. The van der Waals surface area contributed by atoms with Crippen molar-refractivity contribution in [2.24, 2.45) is 0 Å². The van der Waals surface area contributed by atoms with Gasteiger partial charge in [0.1, 0.15) is 0 Å². The van der Waals surface area contributed by atoms with Gasteiger partial charge in [-0.25, -0.2) is 0 Å². The second-order valence-corrected chi connectivity index (χ2v) is 11.5. The Hall–Kier alpha value is 0.394. The molecule has 1 nitrogen and oxygen atoms in total. The van der Waals surface area contributed by atoms with Crippen molar-refractivity contribution in [3.8, 4) is 0 Å². The maximum atomic E-state index is 3.34. The van der Waals surface area contributed by atoms with Crippen molar-refractivity contribution >= 4 is 18.3 Å². The van der Waals surface area contributed by atoms with Crippen molar-refractivity contribution in [3.63, 3.8) is 0 Å². The molecule has 0 bridgehead atoms. The Kier molecular flexibility index (Phi) is 5.30. The predicted molar refractivity (Wildman–Crippen MR) is 60.0 cm³/mol. The lowest BCUT2D eigenvalue weighted by Crippen LogP contribution is -2.39. The quantitative estimate of drug-likeness (QED) is 0.635. The fraction of sp³-hybridized carbons (Fsp3) is 1.00. The lowest BCUT2D eigenvalue weighted by atomic mass is 10.5. The third kappa shape index (κ3) is 3.53. The molecule has 68 valence electrons. The van der Waals surface area contributed by atoms with Crippen LogP contribution in [0.5, 0.6) is 0 Å². The first-order valence-corrected chi connectivity index (χ1v) is 9.06. The van der Waals surface area contributed by atoms with Crippen LogP contribution in [0.3, 0.4) is 0 Å². The number of hydrogen-bond donors (Lipinski definition) is 1. The van der Waals surface area contributed by atoms with E-state index in [2.05, 4.69) is 39.7 Å². The van der Waals surface area contributed by atoms with E-state index >= 15 is 0 Å². The molecule has 1 atom stereocenters. The molecule has 11 heavy (non-hydrogen) atoms. The summed E-state index contributed by atoms with van der Waals surface area (Å²) in [4.78, 5) is 0.